The third-order valence-corrected chi connectivity index (χ3v) is 13.3. The van der Waals surface area contributed by atoms with Crippen molar-refractivity contribution in [2.24, 2.45) is 0 Å². The van der Waals surface area contributed by atoms with Crippen LogP contribution in [0.5, 0.6) is 0 Å². The molecule has 0 radical (unpaired) electrons. The minimum Gasteiger partial charge on any atom is -0.448 e. The van der Waals surface area contributed by atoms with Gasteiger partial charge < -0.3 is 104 Å². The highest BCUT2D eigenvalue weighted by Crippen LogP contribution is 2.56. The Balaban J connectivity index is 1.09. The Labute approximate surface area is 392 Å². The summed E-state index contributed by atoms with van der Waals surface area (Å²) in [5.74, 6) is -3.71. The Morgan fingerprint density at radius 2 is 1.09 bits per heavy atom. The van der Waals surface area contributed by atoms with Crippen molar-refractivity contribution in [3.63, 3.8) is 0 Å². The van der Waals surface area contributed by atoms with Gasteiger partial charge in [-0.3, -0.25) is 0 Å². The molecule has 8 rings (SSSR count). The van der Waals surface area contributed by atoms with Gasteiger partial charge in [-0.2, -0.15) is 9.78 Å². The lowest BCUT2D eigenvalue weighted by atomic mass is 9.54. The van der Waals surface area contributed by atoms with Crippen LogP contribution < -0.4 is 0 Å². The second kappa shape index (κ2) is 21.1. The van der Waals surface area contributed by atoms with E-state index in [0.29, 0.717) is 16.7 Å². The number of ether oxygens (including phenoxy) is 8. The van der Waals surface area contributed by atoms with Gasteiger partial charge >= 0.3 is 12.3 Å². The van der Waals surface area contributed by atoms with E-state index in [0.717, 1.165) is 0 Å². The summed E-state index contributed by atoms with van der Waals surface area (Å²) >= 11 is 0. The van der Waals surface area contributed by atoms with Crippen LogP contribution in [-0.4, -0.2) is 227 Å². The van der Waals surface area contributed by atoms with Gasteiger partial charge in [-0.25, -0.2) is 4.79 Å². The molecule has 0 saturated carbocycles. The highest BCUT2D eigenvalue weighted by molar-refractivity contribution is 5.76. The Morgan fingerprint density at radius 3 is 1.58 bits per heavy atom. The Kier molecular flexibility index (Phi) is 15.8. The average Bonchev–Trinajstić information content (AvgIpc) is 4.20. The van der Waals surface area contributed by atoms with Crippen molar-refractivity contribution >= 4 is 5.97 Å². The average molecular weight is 981 g/mol. The van der Waals surface area contributed by atoms with Crippen LogP contribution in [-0.2, 0) is 57.9 Å². The molecule has 0 bridgehead atoms. The van der Waals surface area contributed by atoms with Crippen LogP contribution in [0.3, 0.4) is 0 Å². The van der Waals surface area contributed by atoms with E-state index in [9.17, 15) is 71.2 Å². The molecule has 19 atom stereocenters. The molecular weight excluding hydrogens is 924 g/mol. The van der Waals surface area contributed by atoms with Crippen molar-refractivity contribution in [3.8, 4) is 0 Å². The van der Waals surface area contributed by atoms with E-state index in [1.54, 1.807) is 91.0 Å². The van der Waals surface area contributed by atoms with Gasteiger partial charge in [0.15, 0.2) is 24.5 Å². The monoisotopic (exact) mass is 980 g/mol. The number of rotatable bonds is 17. The molecule has 5 saturated heterocycles. The summed E-state index contributed by atoms with van der Waals surface area (Å²) in [6, 6.07) is 25.6. The molecule has 13 N–H and O–H groups in total. The van der Waals surface area contributed by atoms with E-state index in [1.165, 1.54) is 0 Å². The van der Waals surface area contributed by atoms with Crippen LogP contribution in [0.1, 0.15) is 16.7 Å². The lowest BCUT2D eigenvalue weighted by Gasteiger charge is -2.59. The zero-order chi connectivity index (χ0) is 49.4. The van der Waals surface area contributed by atoms with Crippen LogP contribution in [0.2, 0.25) is 0 Å². The van der Waals surface area contributed by atoms with Gasteiger partial charge in [-0.1, -0.05) is 91.0 Å². The fourth-order valence-corrected chi connectivity index (χ4v) is 9.75. The van der Waals surface area contributed by atoms with Crippen molar-refractivity contribution < 1.29 is 119 Å². The fraction of sp³-hybridized carbons (Fsp3) is 0.578. The fourth-order valence-electron chi connectivity index (χ4n) is 9.75. The maximum Gasteiger partial charge on any atom is 0.370 e. The van der Waals surface area contributed by atoms with Crippen LogP contribution in [0.4, 0.5) is 0 Å². The second-order valence-corrected chi connectivity index (χ2v) is 17.2. The molecule has 24 heteroatoms. The van der Waals surface area contributed by atoms with Crippen LogP contribution in [0.25, 0.3) is 0 Å². The van der Waals surface area contributed by atoms with Gasteiger partial charge in [0, 0.05) is 0 Å². The molecule has 0 amide bonds. The summed E-state index contributed by atoms with van der Waals surface area (Å²) in [5.41, 5.74) is -3.12. The zero-order valence-corrected chi connectivity index (χ0v) is 36.4. The molecule has 380 valence electrons. The maximum absolute atomic E-state index is 13.8. The highest BCUT2D eigenvalue weighted by atomic mass is 17.4. The molecule has 3 aromatic rings. The number of carbonyl (C=O) groups excluding carboxylic acids is 1. The number of aliphatic hydroxyl groups excluding tert-OH is 13. The van der Waals surface area contributed by atoms with Crippen molar-refractivity contribution in [3.05, 3.63) is 108 Å². The summed E-state index contributed by atoms with van der Waals surface area (Å²) in [7, 11) is 0. The first-order chi connectivity index (χ1) is 33.1. The number of benzene rings is 3. The number of esters is 1. The molecule has 69 heavy (non-hydrogen) atoms. The third-order valence-electron chi connectivity index (χ3n) is 13.3. The lowest BCUT2D eigenvalue weighted by Crippen LogP contribution is -2.77. The molecule has 5 heterocycles. The van der Waals surface area contributed by atoms with E-state index in [2.05, 4.69) is 0 Å². The SMILES string of the molecule is O=C(O[C@]1(C(c2ccccc2)(c2ccccc2)c2ccccc2)[C@H](O)[C@@H](O)[C@@H](OC[C@H]2O[C@H](O[C@H]3[C@@H](O[C@]4(CO)O[C@H](CO)[C@@H](O)[C@@H]4O)O[C@H](CO)[C@@H](O)[C@@H]3O)[C@H](O)[C@@H](O)[C@H]2O)O[C@@H]1CO)C1OO1. The summed E-state index contributed by atoms with van der Waals surface area (Å²) in [6.45, 7) is -4.82. The topological polar surface area (TPSA) is 379 Å². The van der Waals surface area contributed by atoms with Gasteiger partial charge in [0.25, 0.3) is 0 Å². The van der Waals surface area contributed by atoms with Crippen LogP contribution in [0.15, 0.2) is 91.0 Å². The largest absolute Gasteiger partial charge is 0.448 e. The van der Waals surface area contributed by atoms with Crippen molar-refractivity contribution in [1.29, 1.82) is 0 Å². The molecule has 0 spiro atoms. The molecular formula is C45H56O24. The van der Waals surface area contributed by atoms with E-state index in [4.69, 9.17) is 47.7 Å². The number of hydrogen-bond acceptors (Lipinski definition) is 24. The van der Waals surface area contributed by atoms with E-state index >= 15 is 0 Å². The normalized spacial score (nSPS) is 40.6. The van der Waals surface area contributed by atoms with Crippen LogP contribution >= 0.6 is 0 Å². The smallest absolute Gasteiger partial charge is 0.370 e. The van der Waals surface area contributed by atoms with Crippen molar-refractivity contribution in [2.45, 2.75) is 127 Å². The zero-order valence-electron chi connectivity index (χ0n) is 36.4. The summed E-state index contributed by atoms with van der Waals surface area (Å²) < 4.78 is 46.9. The van der Waals surface area contributed by atoms with Crippen molar-refractivity contribution in [2.75, 3.05) is 33.0 Å². The quantitative estimate of drug-likeness (QED) is 0.0260. The summed E-state index contributed by atoms with van der Waals surface area (Å²) in [6.07, 6.45) is -34.8. The highest BCUT2D eigenvalue weighted by Gasteiger charge is 2.71. The number of carbonyl (C=O) groups is 1. The Bertz CT molecular complexity index is 2020. The predicted octanol–water partition coefficient (Wildman–Crippen LogP) is -5.50. The molecule has 0 aromatic heterocycles. The summed E-state index contributed by atoms with van der Waals surface area (Å²) in [5, 5.41) is 143. The predicted molar refractivity (Wildman–Crippen MR) is 222 cm³/mol. The molecule has 5 fully saturated rings. The van der Waals surface area contributed by atoms with Gasteiger partial charge in [0.1, 0.15) is 92.1 Å². The third kappa shape index (κ3) is 9.12. The maximum atomic E-state index is 13.8. The first kappa shape index (κ1) is 51.6. The molecule has 5 aliphatic rings. The van der Waals surface area contributed by atoms with Gasteiger partial charge in [0.2, 0.25) is 5.79 Å². The number of hydrogen-bond donors (Lipinski definition) is 13. The van der Waals surface area contributed by atoms with E-state index in [1.807, 2.05) is 0 Å². The van der Waals surface area contributed by atoms with Crippen molar-refractivity contribution in [1.82, 2.24) is 0 Å². The molecule has 3 aromatic carbocycles. The minimum atomic E-state index is -2.56. The molecule has 0 unspecified atom stereocenters. The van der Waals surface area contributed by atoms with Gasteiger partial charge in [-0.05, 0) is 16.7 Å². The Hall–Kier alpha value is -3.75. The number of aliphatic hydroxyl groups is 13. The lowest BCUT2D eigenvalue weighted by molar-refractivity contribution is -0.409. The first-order valence-corrected chi connectivity index (χ1v) is 22.0. The van der Waals surface area contributed by atoms with Crippen LogP contribution in [0, 0.1) is 0 Å². The van der Waals surface area contributed by atoms with Gasteiger partial charge in [-0.15, -0.1) is 0 Å². The van der Waals surface area contributed by atoms with E-state index < -0.39 is 166 Å². The molecule has 24 nitrogen and oxygen atoms in total. The molecule has 0 aliphatic carbocycles. The van der Waals surface area contributed by atoms with E-state index in [-0.39, 0.29) is 0 Å². The standard InChI is InChI=1S/C45H56O24/c46-16-24-28(50)32(54)35(41(61-24)67-43(20-49)36(57)30(52)25(17-47)65-43)64-40-33(55)31(53)29(51)26(62-40)19-60-39-34(56)37(58)45(27(18-48)63-39,66-38(59)42-68-69-42)44(21-10-4-1-5-11-21,22-12-6-2-7-13-22)23-14-8-3-9-15-23/h1-15,24-37,39-42,46-58H,16-20H2/t24-,25-,26-,27-,28-,29+,30-,31+,32+,33-,34-,35-,36+,37-,39+,40-,41-,43+,45+/m1/s1. The van der Waals surface area contributed by atoms with Gasteiger partial charge in [0.05, 0.1) is 31.8 Å². The summed E-state index contributed by atoms with van der Waals surface area (Å²) in [4.78, 5) is 23.4. The Morgan fingerprint density at radius 1 is 0.551 bits per heavy atom. The first-order valence-electron chi connectivity index (χ1n) is 22.0. The molecule has 5 aliphatic heterocycles. The minimum absolute atomic E-state index is 0.406. The second-order valence-electron chi connectivity index (χ2n) is 17.2.